The molecule has 1 heterocycles. The van der Waals surface area contributed by atoms with Crippen molar-refractivity contribution in [2.45, 2.75) is 56.4 Å². The number of ketones is 4. The molecule has 0 spiro atoms. The summed E-state index contributed by atoms with van der Waals surface area (Å²) in [5.41, 5.74) is 3.46. The zero-order valence-electron chi connectivity index (χ0n) is 22.4. The molecule has 7 unspecified atom stereocenters. The Balaban J connectivity index is 1.54. The number of amides is 1. The Kier molecular flexibility index (Phi) is 7.41. The molecule has 0 radical (unpaired) electrons. The number of hydrogen-bond acceptors (Lipinski definition) is 10. The lowest BCUT2D eigenvalue weighted by Crippen LogP contribution is -2.74. The predicted octanol–water partition coefficient (Wildman–Crippen LogP) is -0.133. The Bertz CT molecular complexity index is 1310. The Hall–Kier alpha value is -2.70. The second-order valence-corrected chi connectivity index (χ2v) is 12.3. The summed E-state index contributed by atoms with van der Waals surface area (Å²) in [6, 6.07) is 0.247. The van der Waals surface area contributed by atoms with E-state index in [0.717, 1.165) is 13.0 Å². The highest BCUT2D eigenvalue weighted by molar-refractivity contribution is 6.34. The first-order valence-electron chi connectivity index (χ1n) is 13.6. The summed E-state index contributed by atoms with van der Waals surface area (Å²) in [7, 11) is 3.08. The predicted molar refractivity (Wildman–Crippen MR) is 142 cm³/mol. The van der Waals surface area contributed by atoms with Gasteiger partial charge >= 0.3 is 0 Å². The van der Waals surface area contributed by atoms with Crippen molar-refractivity contribution < 1.29 is 39.3 Å². The molecule has 1 amide bonds. The quantitative estimate of drug-likeness (QED) is 0.353. The molecular formula is C28H34ClN3O8. The Morgan fingerprint density at radius 2 is 1.88 bits per heavy atom. The third-order valence-corrected chi connectivity index (χ3v) is 9.72. The molecule has 0 bridgehead atoms. The first-order chi connectivity index (χ1) is 18.8. The number of aromatic hydroxyl groups is 1. The van der Waals surface area contributed by atoms with Crippen LogP contribution in [0.15, 0.2) is 6.07 Å². The number of fused-ring (bicyclic) bond motifs is 3. The van der Waals surface area contributed by atoms with E-state index in [-0.39, 0.29) is 30.3 Å². The highest BCUT2D eigenvalue weighted by atomic mass is 35.5. The third-order valence-electron chi connectivity index (χ3n) is 9.25. The van der Waals surface area contributed by atoms with E-state index < -0.39 is 64.4 Å². The standard InChI is InChI=1S/C28H34ClN3O8/c1-31(2)22-16-9-12-8-15-19(17(34)10-13(21(15)29)11-32-6-3-4-14(33)5-7-32)23(35)18(12)25(37)28(16,40)26(38)20(24(22)36)27(30)39/h10,12,14,16,18,20,22,33-34,40H,3-9,11H2,1-2H3,(H2,30,39). The van der Waals surface area contributed by atoms with Gasteiger partial charge in [-0.2, -0.15) is 0 Å². The van der Waals surface area contributed by atoms with Crippen LogP contribution in [0.25, 0.3) is 0 Å². The topological polar surface area (TPSA) is 179 Å². The number of carbonyl (C=O) groups is 5. The van der Waals surface area contributed by atoms with Crippen LogP contribution < -0.4 is 5.73 Å². The molecule has 7 atom stereocenters. The fraction of sp³-hybridized carbons (Fsp3) is 0.607. The number of phenolic OH excluding ortho intramolecular Hbond substituents is 1. The number of nitrogens with two attached hydrogens (primary N) is 1. The van der Waals surface area contributed by atoms with Gasteiger partial charge < -0.3 is 21.1 Å². The SMILES string of the molecule is CN(C)C1C(=O)C(C(N)=O)C(=O)C2(O)C(=O)C3C(=O)c4c(O)cc(CN5CCCC(O)CC5)c(Cl)c4CC3CC12. The molecule has 4 aliphatic rings. The summed E-state index contributed by atoms with van der Waals surface area (Å²) in [5, 5.41) is 32.9. The molecule has 40 heavy (non-hydrogen) atoms. The van der Waals surface area contributed by atoms with Crippen LogP contribution in [0.5, 0.6) is 5.75 Å². The summed E-state index contributed by atoms with van der Waals surface area (Å²) in [6.07, 6.45) is 1.85. The smallest absolute Gasteiger partial charge is 0.235 e. The minimum Gasteiger partial charge on any atom is -0.507 e. The lowest BCUT2D eigenvalue weighted by molar-refractivity contribution is -0.181. The van der Waals surface area contributed by atoms with Crippen LogP contribution in [-0.2, 0) is 32.1 Å². The zero-order valence-corrected chi connectivity index (χ0v) is 23.2. The lowest BCUT2D eigenvalue weighted by atomic mass is 9.52. The van der Waals surface area contributed by atoms with Gasteiger partial charge in [-0.05, 0) is 75.9 Å². The van der Waals surface area contributed by atoms with Gasteiger partial charge in [0.1, 0.15) is 5.75 Å². The van der Waals surface area contributed by atoms with E-state index in [9.17, 15) is 39.3 Å². The fourth-order valence-electron chi connectivity index (χ4n) is 7.36. The molecule has 0 aromatic heterocycles. The van der Waals surface area contributed by atoms with Crippen LogP contribution in [-0.4, -0.2) is 99.1 Å². The van der Waals surface area contributed by atoms with Gasteiger partial charge in [0.05, 0.1) is 23.6 Å². The highest BCUT2D eigenvalue weighted by Gasteiger charge is 2.69. The Morgan fingerprint density at radius 1 is 1.18 bits per heavy atom. The number of Topliss-reactive ketones (excluding diaryl/α,β-unsaturated/α-hetero) is 4. The maximum atomic E-state index is 13.9. The fourth-order valence-corrected chi connectivity index (χ4v) is 7.65. The van der Waals surface area contributed by atoms with Gasteiger partial charge in [-0.1, -0.05) is 11.6 Å². The van der Waals surface area contributed by atoms with Crippen molar-refractivity contribution in [3.63, 3.8) is 0 Å². The van der Waals surface area contributed by atoms with Crippen LogP contribution in [0.3, 0.4) is 0 Å². The van der Waals surface area contributed by atoms with Gasteiger partial charge in [0, 0.05) is 24.0 Å². The molecule has 3 fully saturated rings. The van der Waals surface area contributed by atoms with Gasteiger partial charge in [0.15, 0.2) is 34.7 Å². The number of carbonyl (C=O) groups excluding carboxylic acids is 5. The molecule has 5 N–H and O–H groups in total. The van der Waals surface area contributed by atoms with Crippen LogP contribution in [0.4, 0.5) is 0 Å². The number of halogens is 1. The average molecular weight is 576 g/mol. The summed E-state index contributed by atoms with van der Waals surface area (Å²) in [6.45, 7) is 1.79. The number of likely N-dealkylation sites (tertiary alicyclic amines) is 1. The maximum absolute atomic E-state index is 13.9. The molecule has 3 aliphatic carbocycles. The van der Waals surface area contributed by atoms with Crippen LogP contribution in [0, 0.1) is 23.7 Å². The van der Waals surface area contributed by atoms with Gasteiger partial charge in [-0.25, -0.2) is 0 Å². The Morgan fingerprint density at radius 3 is 2.52 bits per heavy atom. The number of aliphatic hydroxyl groups excluding tert-OH is 1. The normalized spacial score (nSPS) is 34.8. The molecule has 1 aromatic carbocycles. The number of aliphatic hydroxyl groups is 2. The van der Waals surface area contributed by atoms with Crippen molar-refractivity contribution >= 4 is 40.6 Å². The van der Waals surface area contributed by atoms with Crippen molar-refractivity contribution in [1.29, 1.82) is 0 Å². The number of primary amides is 1. The first-order valence-corrected chi connectivity index (χ1v) is 13.9. The van der Waals surface area contributed by atoms with Crippen molar-refractivity contribution in [2.75, 3.05) is 27.2 Å². The molecular weight excluding hydrogens is 542 g/mol. The minimum atomic E-state index is -2.76. The van der Waals surface area contributed by atoms with E-state index in [0.29, 0.717) is 42.1 Å². The Labute approximate surface area is 236 Å². The van der Waals surface area contributed by atoms with Crippen LogP contribution in [0.2, 0.25) is 5.02 Å². The summed E-state index contributed by atoms with van der Waals surface area (Å²) >= 11 is 6.82. The monoisotopic (exact) mass is 575 g/mol. The van der Waals surface area contributed by atoms with Gasteiger partial charge in [0.25, 0.3) is 0 Å². The second-order valence-electron chi connectivity index (χ2n) is 11.9. The van der Waals surface area contributed by atoms with E-state index in [1.165, 1.54) is 25.1 Å². The molecule has 2 saturated carbocycles. The number of benzene rings is 1. The highest BCUT2D eigenvalue weighted by Crippen LogP contribution is 2.51. The number of hydrogen-bond donors (Lipinski definition) is 4. The van der Waals surface area contributed by atoms with E-state index in [1.54, 1.807) is 0 Å². The molecule has 216 valence electrons. The molecule has 1 aliphatic heterocycles. The minimum absolute atomic E-state index is 0.0325. The summed E-state index contributed by atoms with van der Waals surface area (Å²) in [4.78, 5) is 69.8. The van der Waals surface area contributed by atoms with Crippen LogP contribution in [0.1, 0.15) is 47.2 Å². The number of phenols is 1. The van der Waals surface area contributed by atoms with E-state index in [2.05, 4.69) is 4.90 Å². The molecule has 12 heteroatoms. The number of rotatable bonds is 4. The van der Waals surface area contributed by atoms with Crippen molar-refractivity contribution in [2.24, 2.45) is 29.4 Å². The summed E-state index contributed by atoms with van der Waals surface area (Å²) < 4.78 is 0. The largest absolute Gasteiger partial charge is 0.507 e. The average Bonchev–Trinajstić information content (AvgIpc) is 3.07. The van der Waals surface area contributed by atoms with Gasteiger partial charge in [0.2, 0.25) is 5.91 Å². The maximum Gasteiger partial charge on any atom is 0.235 e. The summed E-state index contributed by atoms with van der Waals surface area (Å²) in [5.74, 6) is -10.9. The van der Waals surface area contributed by atoms with Crippen molar-refractivity contribution in [3.8, 4) is 5.75 Å². The number of likely N-dealkylation sites (N-methyl/N-ethyl adjacent to an activating group) is 1. The van der Waals surface area contributed by atoms with E-state index in [1.807, 2.05) is 0 Å². The molecule has 5 rings (SSSR count). The van der Waals surface area contributed by atoms with Crippen LogP contribution >= 0.6 is 11.6 Å². The molecule has 1 saturated heterocycles. The zero-order chi connectivity index (χ0) is 29.3. The first kappa shape index (κ1) is 28.8. The second kappa shape index (κ2) is 10.3. The van der Waals surface area contributed by atoms with E-state index >= 15 is 0 Å². The van der Waals surface area contributed by atoms with Gasteiger partial charge in [-0.3, -0.25) is 33.8 Å². The van der Waals surface area contributed by atoms with E-state index in [4.69, 9.17) is 17.3 Å². The van der Waals surface area contributed by atoms with Crippen molar-refractivity contribution in [3.05, 3.63) is 27.8 Å². The molecule has 11 nitrogen and oxygen atoms in total. The number of nitrogens with zero attached hydrogens (tertiary/aromatic N) is 2. The molecule has 1 aromatic rings. The third kappa shape index (κ3) is 4.30. The lowest BCUT2D eigenvalue weighted by Gasteiger charge is -2.52. The van der Waals surface area contributed by atoms with Gasteiger partial charge in [-0.15, -0.1) is 0 Å². The van der Waals surface area contributed by atoms with Crippen molar-refractivity contribution in [1.82, 2.24) is 9.80 Å².